The molecule has 0 aliphatic carbocycles. The van der Waals surface area contributed by atoms with E-state index in [4.69, 9.17) is 10.8 Å². The lowest BCUT2D eigenvalue weighted by atomic mass is 10.1. The average molecular weight is 366 g/mol. The first-order valence-corrected chi connectivity index (χ1v) is 9.76. The summed E-state index contributed by atoms with van der Waals surface area (Å²) in [5.74, 6) is 0.833. The highest BCUT2D eigenvalue weighted by Gasteiger charge is 1.96. The Hall–Kier alpha value is -1.11. The van der Waals surface area contributed by atoms with Crippen LogP contribution in [0.25, 0.3) is 10.8 Å². The highest BCUT2D eigenvalue weighted by Crippen LogP contribution is 2.21. The van der Waals surface area contributed by atoms with Gasteiger partial charge in [0.1, 0.15) is 0 Å². The molecule has 2 aromatic rings. The molecule has 142 valence electrons. The highest BCUT2D eigenvalue weighted by molar-refractivity contribution is 7.97. The van der Waals surface area contributed by atoms with Crippen molar-refractivity contribution in [3.05, 3.63) is 42.5 Å². The Kier molecular flexibility index (Phi) is 15.6. The first-order chi connectivity index (χ1) is 12.0. The molecule has 0 heterocycles. The maximum absolute atomic E-state index is 7.57. The summed E-state index contributed by atoms with van der Waals surface area (Å²) in [5, 5.41) is 13.4. The molecule has 0 radical (unpaired) electrons. The normalized spacial score (nSPS) is 10.0. The molecule has 0 aliphatic rings. The van der Waals surface area contributed by atoms with Gasteiger partial charge in [-0.2, -0.15) is 0 Å². The van der Waals surface area contributed by atoms with E-state index < -0.39 is 0 Å². The van der Waals surface area contributed by atoms with Crippen LogP contribution in [-0.4, -0.2) is 37.9 Å². The number of nitrogens with one attached hydrogen (secondary N) is 2. The monoisotopic (exact) mass is 365 g/mol. The van der Waals surface area contributed by atoms with Gasteiger partial charge in [0.15, 0.2) is 0 Å². The van der Waals surface area contributed by atoms with Gasteiger partial charge in [0, 0.05) is 37.7 Å². The van der Waals surface area contributed by atoms with Gasteiger partial charge in [0.05, 0.1) is 0 Å². The van der Waals surface area contributed by atoms with Crippen LogP contribution in [0.2, 0.25) is 0 Å². The van der Waals surface area contributed by atoms with Gasteiger partial charge in [-0.1, -0.05) is 51.1 Å². The van der Waals surface area contributed by atoms with E-state index >= 15 is 0 Å². The molecule has 5 N–H and O–H groups in total. The summed E-state index contributed by atoms with van der Waals surface area (Å²) in [7, 11) is 0. The number of hydrogen-bond donors (Lipinski definition) is 4. The van der Waals surface area contributed by atoms with Crippen molar-refractivity contribution in [1.82, 2.24) is 10.0 Å². The fraction of sp³-hybridized carbons (Fsp3) is 0.500. The molecule has 0 bridgehead atoms. The largest absolute Gasteiger partial charge is 0.397 e. The zero-order valence-corrected chi connectivity index (χ0v) is 16.9. The lowest BCUT2D eigenvalue weighted by Gasteiger charge is -2.06. The predicted molar refractivity (Wildman–Crippen MR) is 113 cm³/mol. The number of fused-ring (bicyclic) bond motifs is 1. The number of aliphatic hydroxyl groups is 1. The van der Waals surface area contributed by atoms with E-state index in [0.29, 0.717) is 6.54 Å². The van der Waals surface area contributed by atoms with E-state index in [1.807, 2.05) is 0 Å². The molecule has 0 aliphatic heterocycles. The maximum Gasteiger partial charge on any atom is 0.0402 e. The summed E-state index contributed by atoms with van der Waals surface area (Å²) in [5.41, 5.74) is 5.40. The zero-order valence-electron chi connectivity index (χ0n) is 16.1. The third kappa shape index (κ3) is 13.8. The van der Waals surface area contributed by atoms with Crippen LogP contribution in [0.3, 0.4) is 0 Å². The molecule has 25 heavy (non-hydrogen) atoms. The van der Waals surface area contributed by atoms with Crippen LogP contribution in [0.15, 0.2) is 47.4 Å². The molecule has 2 rings (SSSR count). The van der Waals surface area contributed by atoms with Crippen LogP contribution in [0.4, 0.5) is 0 Å². The van der Waals surface area contributed by atoms with Crippen LogP contribution < -0.4 is 15.8 Å². The molecule has 0 amide bonds. The van der Waals surface area contributed by atoms with E-state index in [-0.39, 0.29) is 6.61 Å². The summed E-state index contributed by atoms with van der Waals surface area (Å²) < 4.78 is 3.34. The number of rotatable bonds is 7. The minimum Gasteiger partial charge on any atom is -0.397 e. The van der Waals surface area contributed by atoms with Crippen LogP contribution in [0, 0.1) is 5.92 Å². The molecule has 0 fully saturated rings. The van der Waals surface area contributed by atoms with Gasteiger partial charge >= 0.3 is 0 Å². The number of nitrogens with two attached hydrogens (primary N) is 1. The Morgan fingerprint density at radius 2 is 1.60 bits per heavy atom. The van der Waals surface area contributed by atoms with Crippen molar-refractivity contribution in [3.8, 4) is 0 Å². The minimum absolute atomic E-state index is 0.250. The minimum atomic E-state index is 0.250. The third-order valence-corrected chi connectivity index (χ3v) is 3.47. The van der Waals surface area contributed by atoms with Crippen LogP contribution in [0.1, 0.15) is 27.7 Å². The number of benzene rings is 2. The molecule has 4 nitrogen and oxygen atoms in total. The first kappa shape index (κ1) is 23.9. The van der Waals surface area contributed by atoms with Crippen molar-refractivity contribution >= 4 is 22.7 Å². The molecular weight excluding hydrogens is 330 g/mol. The Labute approximate surface area is 157 Å². The maximum atomic E-state index is 7.57. The van der Waals surface area contributed by atoms with Crippen LogP contribution in [0.5, 0.6) is 0 Å². The average Bonchev–Trinajstić information content (AvgIpc) is 2.58. The SMILES string of the molecule is CC(C)C.CCO.NCCNCCNSc1ccc2ccccc2c1. The quantitative estimate of drug-likeness (QED) is 0.445. The molecule has 0 atom stereocenters. The second kappa shape index (κ2) is 16.4. The molecule has 0 aromatic heterocycles. The highest BCUT2D eigenvalue weighted by atomic mass is 32.2. The molecule has 5 heteroatoms. The van der Waals surface area contributed by atoms with Gasteiger partial charge < -0.3 is 16.2 Å². The zero-order chi connectivity index (χ0) is 18.9. The molecular formula is C20H35N3OS. The van der Waals surface area contributed by atoms with Gasteiger partial charge in [-0.25, -0.2) is 0 Å². The summed E-state index contributed by atoms with van der Waals surface area (Å²) in [6, 6.07) is 14.9. The third-order valence-electron chi connectivity index (χ3n) is 2.64. The Morgan fingerprint density at radius 1 is 1.00 bits per heavy atom. The second-order valence-electron chi connectivity index (χ2n) is 6.09. The van der Waals surface area contributed by atoms with E-state index in [1.165, 1.54) is 15.7 Å². The molecule has 0 unspecified atom stereocenters. The lowest BCUT2D eigenvalue weighted by Crippen LogP contribution is -2.28. The van der Waals surface area contributed by atoms with Gasteiger partial charge in [-0.3, -0.25) is 4.72 Å². The van der Waals surface area contributed by atoms with Gasteiger partial charge in [-0.05, 0) is 47.7 Å². The van der Waals surface area contributed by atoms with Crippen molar-refractivity contribution in [2.24, 2.45) is 11.7 Å². The molecule has 0 saturated heterocycles. The predicted octanol–water partition coefficient (Wildman–Crippen LogP) is 3.65. The van der Waals surface area contributed by atoms with Crippen LogP contribution >= 0.6 is 11.9 Å². The van der Waals surface area contributed by atoms with E-state index in [2.05, 4.69) is 73.3 Å². The fourth-order valence-corrected chi connectivity index (χ4v) is 2.42. The van der Waals surface area contributed by atoms with Crippen molar-refractivity contribution in [3.63, 3.8) is 0 Å². The molecule has 0 saturated carbocycles. The lowest BCUT2D eigenvalue weighted by molar-refractivity contribution is 0.318. The topological polar surface area (TPSA) is 70.3 Å². The summed E-state index contributed by atoms with van der Waals surface area (Å²) >= 11 is 1.67. The Bertz CT molecular complexity index is 546. The Morgan fingerprint density at radius 3 is 2.20 bits per heavy atom. The summed E-state index contributed by atoms with van der Waals surface area (Å²) in [4.78, 5) is 1.24. The van der Waals surface area contributed by atoms with Gasteiger partial charge in [-0.15, -0.1) is 0 Å². The summed E-state index contributed by atoms with van der Waals surface area (Å²) in [6.45, 7) is 11.9. The molecule has 0 spiro atoms. The van der Waals surface area contributed by atoms with Crippen LogP contribution in [-0.2, 0) is 0 Å². The van der Waals surface area contributed by atoms with E-state index in [1.54, 1.807) is 18.9 Å². The summed E-state index contributed by atoms with van der Waals surface area (Å²) in [6.07, 6.45) is 0. The van der Waals surface area contributed by atoms with Crippen molar-refractivity contribution in [1.29, 1.82) is 0 Å². The van der Waals surface area contributed by atoms with Crippen molar-refractivity contribution in [2.75, 3.05) is 32.8 Å². The standard InChI is InChI=1S/C14H19N3S.C4H10.C2H6O/c15-7-8-16-9-10-17-18-14-6-5-12-3-1-2-4-13(12)11-14;1-4(2)3;1-2-3/h1-6,11,16-17H,7-10,15H2;4H,1-3H3;3H,2H2,1H3. The van der Waals surface area contributed by atoms with E-state index in [9.17, 15) is 0 Å². The van der Waals surface area contributed by atoms with Crippen molar-refractivity contribution in [2.45, 2.75) is 32.6 Å². The molecule has 2 aromatic carbocycles. The van der Waals surface area contributed by atoms with E-state index in [0.717, 1.165) is 25.6 Å². The smallest absolute Gasteiger partial charge is 0.0402 e. The fourth-order valence-electron chi connectivity index (χ4n) is 1.73. The second-order valence-corrected chi connectivity index (χ2v) is 7.06. The first-order valence-electron chi connectivity index (χ1n) is 8.95. The van der Waals surface area contributed by atoms with Crippen molar-refractivity contribution < 1.29 is 5.11 Å². The number of hydrogen-bond acceptors (Lipinski definition) is 5. The number of aliphatic hydroxyl groups excluding tert-OH is 1. The van der Waals surface area contributed by atoms with Gasteiger partial charge in [0.2, 0.25) is 0 Å². The Balaban J connectivity index is 0.000000708. The van der Waals surface area contributed by atoms with Gasteiger partial charge in [0.25, 0.3) is 0 Å².